The lowest BCUT2D eigenvalue weighted by molar-refractivity contribution is -0.123. The highest BCUT2D eigenvalue weighted by molar-refractivity contribution is 6.22. The number of allylic oxidation sites excluding steroid dienone is 2. The van der Waals surface area contributed by atoms with E-state index in [1.165, 1.54) is 17.0 Å². The molecule has 2 unspecified atom stereocenters. The summed E-state index contributed by atoms with van der Waals surface area (Å²) < 4.78 is 15.4. The molecule has 2 heterocycles. The lowest BCUT2D eigenvalue weighted by Crippen LogP contribution is -2.32. The summed E-state index contributed by atoms with van der Waals surface area (Å²) in [6.45, 7) is 3.66. The minimum absolute atomic E-state index is 0.0645. The first kappa shape index (κ1) is 25.3. The third-order valence-corrected chi connectivity index (χ3v) is 8.90. The van der Waals surface area contributed by atoms with Crippen LogP contribution in [0.3, 0.4) is 0 Å². The summed E-state index contributed by atoms with van der Waals surface area (Å²) in [6, 6.07) is 21.6. The number of nitrogens with zero attached hydrogens (tertiary/aromatic N) is 3. The number of fused-ring (bicyclic) bond motifs is 5. The summed E-state index contributed by atoms with van der Waals surface area (Å²) in [5.74, 6) is 0.0733. The number of anilines is 1. The van der Waals surface area contributed by atoms with E-state index >= 15 is 0 Å². The number of halogens is 1. The summed E-state index contributed by atoms with van der Waals surface area (Å²) >= 11 is 0. The highest BCUT2D eigenvalue weighted by atomic mass is 19.1. The van der Waals surface area contributed by atoms with Gasteiger partial charge in [0.25, 0.3) is 5.56 Å². The SMILES string of the molecule is Cc1nc(=O)c(-c2ccc(F)cc2)c(C)n1-c1ccc(Cc2ccc(N3C(=O)C4C(C3=O)[C@H]3C=C[C@@H]4C3)cc2)cc1. The molecular formula is C34H28FN3O3. The van der Waals surface area contributed by atoms with E-state index in [4.69, 9.17) is 0 Å². The number of hydrogen-bond donors (Lipinski definition) is 0. The molecule has 2 aliphatic carbocycles. The topological polar surface area (TPSA) is 72.3 Å². The highest BCUT2D eigenvalue weighted by Gasteiger charge is 2.59. The average Bonchev–Trinajstić information content (AvgIpc) is 3.64. The van der Waals surface area contributed by atoms with Gasteiger partial charge in [0.05, 0.1) is 23.1 Å². The number of aryl methyl sites for hydroxylation is 1. The largest absolute Gasteiger partial charge is 0.302 e. The van der Waals surface area contributed by atoms with Crippen LogP contribution >= 0.6 is 0 Å². The first-order valence-corrected chi connectivity index (χ1v) is 13.9. The van der Waals surface area contributed by atoms with Crippen LogP contribution < -0.4 is 10.5 Å². The quantitative estimate of drug-likeness (QED) is 0.243. The van der Waals surface area contributed by atoms with Crippen LogP contribution in [-0.2, 0) is 16.0 Å². The Morgan fingerprint density at radius 3 is 1.85 bits per heavy atom. The van der Waals surface area contributed by atoms with Gasteiger partial charge in [-0.15, -0.1) is 0 Å². The molecule has 1 saturated carbocycles. The number of imide groups is 1. The Hall–Kier alpha value is -4.65. The zero-order chi connectivity index (χ0) is 28.4. The lowest BCUT2D eigenvalue weighted by Gasteiger charge is -2.18. The van der Waals surface area contributed by atoms with Crippen LogP contribution in [-0.4, -0.2) is 21.4 Å². The van der Waals surface area contributed by atoms with Crippen molar-refractivity contribution >= 4 is 17.5 Å². The van der Waals surface area contributed by atoms with E-state index in [-0.39, 0.29) is 46.9 Å². The molecule has 6 nitrogen and oxygen atoms in total. The smallest absolute Gasteiger partial charge is 0.281 e. The lowest BCUT2D eigenvalue weighted by atomic mass is 9.85. The molecule has 3 aliphatic rings. The summed E-state index contributed by atoms with van der Waals surface area (Å²) in [6.07, 6.45) is 5.82. The van der Waals surface area contributed by atoms with E-state index in [1.807, 2.05) is 60.0 Å². The van der Waals surface area contributed by atoms with E-state index in [0.717, 1.165) is 28.9 Å². The third kappa shape index (κ3) is 4.06. The zero-order valence-electron chi connectivity index (χ0n) is 22.8. The number of rotatable bonds is 5. The van der Waals surface area contributed by atoms with Gasteiger partial charge in [0, 0.05) is 11.4 Å². The summed E-state index contributed by atoms with van der Waals surface area (Å²) in [7, 11) is 0. The number of aromatic nitrogens is 2. The molecule has 4 atom stereocenters. The van der Waals surface area contributed by atoms with Crippen LogP contribution in [0, 0.1) is 43.3 Å². The molecule has 4 aromatic rings. The van der Waals surface area contributed by atoms with Gasteiger partial charge in [0.2, 0.25) is 11.8 Å². The van der Waals surface area contributed by atoms with Crippen LogP contribution in [0.25, 0.3) is 16.8 Å². The maximum absolute atomic E-state index is 13.5. The highest BCUT2D eigenvalue weighted by Crippen LogP contribution is 2.53. The van der Waals surface area contributed by atoms with Gasteiger partial charge in [0.15, 0.2) is 0 Å². The van der Waals surface area contributed by atoms with E-state index in [2.05, 4.69) is 17.1 Å². The molecule has 2 amide bonds. The normalized spacial score (nSPS) is 22.6. The molecule has 2 bridgehead atoms. The Morgan fingerprint density at radius 1 is 0.756 bits per heavy atom. The molecular weight excluding hydrogens is 517 g/mol. The Bertz CT molecular complexity index is 1760. The average molecular weight is 546 g/mol. The van der Waals surface area contributed by atoms with Crippen molar-refractivity contribution in [3.05, 3.63) is 124 Å². The minimum atomic E-state index is -0.360. The predicted molar refractivity (Wildman–Crippen MR) is 154 cm³/mol. The van der Waals surface area contributed by atoms with Gasteiger partial charge in [-0.2, -0.15) is 4.98 Å². The Balaban J connectivity index is 1.10. The van der Waals surface area contributed by atoms with Crippen molar-refractivity contribution < 1.29 is 14.0 Å². The molecule has 3 aromatic carbocycles. The molecule has 0 spiro atoms. The first-order valence-electron chi connectivity index (χ1n) is 13.9. The Morgan fingerprint density at radius 2 is 1.29 bits per heavy atom. The van der Waals surface area contributed by atoms with Crippen molar-refractivity contribution in [2.45, 2.75) is 26.7 Å². The molecule has 1 saturated heterocycles. The number of carbonyl (C=O) groups is 2. The second kappa shape index (κ2) is 9.47. The molecule has 204 valence electrons. The molecule has 1 aromatic heterocycles. The molecule has 0 radical (unpaired) electrons. The van der Waals surface area contributed by atoms with Gasteiger partial charge >= 0.3 is 0 Å². The van der Waals surface area contributed by atoms with Crippen molar-refractivity contribution in [1.82, 2.24) is 9.55 Å². The second-order valence-electron chi connectivity index (χ2n) is 11.3. The van der Waals surface area contributed by atoms with Gasteiger partial charge in [-0.05, 0) is 91.6 Å². The van der Waals surface area contributed by atoms with Gasteiger partial charge in [-0.1, -0.05) is 48.6 Å². The van der Waals surface area contributed by atoms with E-state index < -0.39 is 0 Å². The zero-order valence-corrected chi connectivity index (χ0v) is 22.8. The van der Waals surface area contributed by atoms with Crippen LogP contribution in [0.15, 0.2) is 89.7 Å². The first-order chi connectivity index (χ1) is 19.8. The Labute approximate surface area is 236 Å². The number of benzene rings is 3. The van der Waals surface area contributed by atoms with Crippen molar-refractivity contribution in [3.63, 3.8) is 0 Å². The second-order valence-corrected chi connectivity index (χ2v) is 11.3. The van der Waals surface area contributed by atoms with Crippen LogP contribution in [0.4, 0.5) is 10.1 Å². The fraction of sp³-hybridized carbons (Fsp3) is 0.235. The standard InChI is InChI=1S/C34H28FN3O3/c1-19-29(23-9-11-26(35)12-10-23)32(39)36-20(2)37(19)27-13-3-21(4-14-27)17-22-5-15-28(16-6-22)38-33(40)30-24-7-8-25(18-24)31(30)34(38)41/h3-16,24-25,30-31H,17-18H2,1-2H3/t24-,25+,30?,31?. The number of carbonyl (C=O) groups excluding carboxylic acids is 2. The summed E-state index contributed by atoms with van der Waals surface area (Å²) in [5, 5.41) is 0. The van der Waals surface area contributed by atoms with E-state index in [9.17, 15) is 18.8 Å². The van der Waals surface area contributed by atoms with Crippen molar-refractivity contribution in [2.75, 3.05) is 4.90 Å². The van der Waals surface area contributed by atoms with Crippen molar-refractivity contribution in [3.8, 4) is 16.8 Å². The molecule has 7 rings (SSSR count). The van der Waals surface area contributed by atoms with Crippen LogP contribution in [0.1, 0.15) is 29.1 Å². The third-order valence-electron chi connectivity index (χ3n) is 8.90. The molecule has 7 heteroatoms. The number of amides is 2. The summed E-state index contributed by atoms with van der Waals surface area (Å²) in [4.78, 5) is 44.6. The summed E-state index contributed by atoms with van der Waals surface area (Å²) in [5.41, 5.74) is 5.14. The maximum atomic E-state index is 13.5. The Kier molecular flexibility index (Phi) is 5.85. The van der Waals surface area contributed by atoms with Crippen molar-refractivity contribution in [2.24, 2.45) is 23.7 Å². The fourth-order valence-electron chi connectivity index (χ4n) is 7.01. The van der Waals surface area contributed by atoms with Crippen molar-refractivity contribution in [1.29, 1.82) is 0 Å². The molecule has 1 aliphatic heterocycles. The van der Waals surface area contributed by atoms with Gasteiger partial charge in [-0.25, -0.2) is 4.39 Å². The van der Waals surface area contributed by atoms with Gasteiger partial charge in [0.1, 0.15) is 11.6 Å². The van der Waals surface area contributed by atoms with Gasteiger partial charge in [-0.3, -0.25) is 19.3 Å². The predicted octanol–water partition coefficient (Wildman–Crippen LogP) is 5.56. The van der Waals surface area contributed by atoms with Crippen LogP contribution in [0.2, 0.25) is 0 Å². The molecule has 41 heavy (non-hydrogen) atoms. The number of hydrogen-bond acceptors (Lipinski definition) is 4. The van der Waals surface area contributed by atoms with Crippen LogP contribution in [0.5, 0.6) is 0 Å². The molecule has 0 N–H and O–H groups in total. The van der Waals surface area contributed by atoms with Gasteiger partial charge < -0.3 is 4.57 Å². The molecule has 2 fully saturated rings. The minimum Gasteiger partial charge on any atom is -0.302 e. The fourth-order valence-corrected chi connectivity index (χ4v) is 7.01. The van der Waals surface area contributed by atoms with E-state index in [1.54, 1.807) is 19.1 Å². The van der Waals surface area contributed by atoms with E-state index in [0.29, 0.717) is 29.1 Å². The maximum Gasteiger partial charge on any atom is 0.281 e. The monoisotopic (exact) mass is 545 g/mol.